The zero-order valence-electron chi connectivity index (χ0n) is 11.2. The Kier molecular flexibility index (Phi) is 3.39. The summed E-state index contributed by atoms with van der Waals surface area (Å²) < 4.78 is 20.0. The number of hydrogen-bond acceptors (Lipinski definition) is 5. The Balaban J connectivity index is 2.56. The lowest BCUT2D eigenvalue weighted by Crippen LogP contribution is -2.37. The van der Waals surface area contributed by atoms with Crippen molar-refractivity contribution in [3.8, 4) is 17.1 Å². The molecule has 106 valence electrons. The Labute approximate surface area is 114 Å². The fourth-order valence-electron chi connectivity index (χ4n) is 1.63. The van der Waals surface area contributed by atoms with Crippen molar-refractivity contribution in [3.05, 3.63) is 24.0 Å². The van der Waals surface area contributed by atoms with Crippen LogP contribution in [0.1, 0.15) is 13.8 Å². The van der Waals surface area contributed by atoms with Crippen LogP contribution in [0, 0.1) is 5.82 Å². The van der Waals surface area contributed by atoms with Crippen LogP contribution in [-0.2, 0) is 10.3 Å². The summed E-state index contributed by atoms with van der Waals surface area (Å²) in [5.41, 5.74) is -1.30. The lowest BCUT2D eigenvalue weighted by molar-refractivity contribution is -0.146. The van der Waals surface area contributed by atoms with Crippen molar-refractivity contribution in [1.29, 1.82) is 0 Å². The number of aromatic nitrogens is 4. The van der Waals surface area contributed by atoms with Crippen LogP contribution in [0.4, 0.5) is 4.39 Å². The fraction of sp³-hybridized carbons (Fsp3) is 0.333. The maximum absolute atomic E-state index is 14.0. The quantitative estimate of drug-likeness (QED) is 0.908. The van der Waals surface area contributed by atoms with Crippen LogP contribution in [0.3, 0.4) is 0 Å². The van der Waals surface area contributed by atoms with Crippen molar-refractivity contribution in [2.75, 3.05) is 7.11 Å². The van der Waals surface area contributed by atoms with Crippen molar-refractivity contribution in [2.45, 2.75) is 19.4 Å². The molecule has 0 unspecified atom stereocenters. The highest BCUT2D eigenvalue weighted by atomic mass is 19.1. The van der Waals surface area contributed by atoms with Crippen molar-refractivity contribution < 1.29 is 19.0 Å². The SMILES string of the molecule is COc1ccc(-c2nnnn2C(C)(C)C(=O)O)c(F)c1. The second kappa shape index (κ2) is 4.87. The maximum Gasteiger partial charge on any atom is 0.331 e. The lowest BCUT2D eigenvalue weighted by Gasteiger charge is -2.20. The fourth-order valence-corrected chi connectivity index (χ4v) is 1.63. The number of tetrazole rings is 1. The van der Waals surface area contributed by atoms with Gasteiger partial charge in [0, 0.05) is 6.07 Å². The van der Waals surface area contributed by atoms with Crippen LogP contribution in [0.15, 0.2) is 18.2 Å². The highest BCUT2D eigenvalue weighted by Crippen LogP contribution is 2.27. The van der Waals surface area contributed by atoms with Crippen LogP contribution in [0.2, 0.25) is 0 Å². The molecule has 1 heterocycles. The predicted molar refractivity (Wildman–Crippen MR) is 66.7 cm³/mol. The molecular formula is C12H13FN4O3. The van der Waals surface area contributed by atoms with E-state index in [1.165, 1.54) is 33.1 Å². The largest absolute Gasteiger partial charge is 0.497 e. The molecular weight excluding hydrogens is 267 g/mol. The van der Waals surface area contributed by atoms with E-state index in [0.29, 0.717) is 5.75 Å². The smallest absolute Gasteiger partial charge is 0.331 e. The van der Waals surface area contributed by atoms with Gasteiger partial charge in [0.25, 0.3) is 0 Å². The summed E-state index contributed by atoms with van der Waals surface area (Å²) in [5, 5.41) is 20.0. The summed E-state index contributed by atoms with van der Waals surface area (Å²) in [6, 6.07) is 4.17. The number of carboxylic acid groups (broad SMARTS) is 1. The van der Waals surface area contributed by atoms with Gasteiger partial charge in [0.1, 0.15) is 11.6 Å². The second-order valence-electron chi connectivity index (χ2n) is 4.62. The van der Waals surface area contributed by atoms with E-state index in [-0.39, 0.29) is 11.4 Å². The third-order valence-electron chi connectivity index (χ3n) is 2.94. The van der Waals surface area contributed by atoms with Gasteiger partial charge in [-0.25, -0.2) is 13.9 Å². The number of ether oxygens (including phenoxy) is 1. The number of halogens is 1. The van der Waals surface area contributed by atoms with Gasteiger partial charge in [0.2, 0.25) is 0 Å². The maximum atomic E-state index is 14.0. The molecule has 0 aliphatic rings. The minimum atomic E-state index is -1.40. The molecule has 0 amide bonds. The van der Waals surface area contributed by atoms with E-state index in [2.05, 4.69) is 15.5 Å². The zero-order chi connectivity index (χ0) is 14.9. The Morgan fingerprint density at radius 2 is 2.15 bits per heavy atom. The number of nitrogens with zero attached hydrogens (tertiary/aromatic N) is 4. The first kappa shape index (κ1) is 13.9. The number of rotatable bonds is 4. The van der Waals surface area contributed by atoms with Gasteiger partial charge in [0.05, 0.1) is 12.7 Å². The molecule has 0 fully saturated rings. The van der Waals surface area contributed by atoms with Crippen LogP contribution < -0.4 is 4.74 Å². The normalized spacial score (nSPS) is 11.4. The third kappa shape index (κ3) is 2.20. The van der Waals surface area contributed by atoms with Gasteiger partial charge in [-0.2, -0.15) is 0 Å². The Bertz CT molecular complexity index is 654. The summed E-state index contributed by atoms with van der Waals surface area (Å²) in [4.78, 5) is 11.3. The molecule has 1 aromatic carbocycles. The molecule has 0 atom stereocenters. The number of carbonyl (C=O) groups is 1. The van der Waals surface area contributed by atoms with Crippen molar-refractivity contribution in [1.82, 2.24) is 20.2 Å². The average Bonchev–Trinajstić information content (AvgIpc) is 2.87. The van der Waals surface area contributed by atoms with E-state index in [9.17, 15) is 14.3 Å². The molecule has 0 aliphatic heterocycles. The first-order valence-electron chi connectivity index (χ1n) is 5.74. The second-order valence-corrected chi connectivity index (χ2v) is 4.62. The molecule has 1 N–H and O–H groups in total. The van der Waals surface area contributed by atoms with Crippen molar-refractivity contribution in [3.63, 3.8) is 0 Å². The number of aliphatic carboxylic acids is 1. The summed E-state index contributed by atoms with van der Waals surface area (Å²) >= 11 is 0. The van der Waals surface area contributed by atoms with Crippen LogP contribution in [0.5, 0.6) is 5.75 Å². The minimum Gasteiger partial charge on any atom is -0.497 e. The van der Waals surface area contributed by atoms with E-state index in [1.807, 2.05) is 0 Å². The number of hydrogen-bond donors (Lipinski definition) is 1. The summed E-state index contributed by atoms with van der Waals surface area (Å²) in [7, 11) is 1.42. The van der Waals surface area contributed by atoms with E-state index < -0.39 is 17.3 Å². The van der Waals surface area contributed by atoms with Gasteiger partial charge in [-0.15, -0.1) is 5.10 Å². The highest BCUT2D eigenvalue weighted by Gasteiger charge is 2.34. The molecule has 1 aromatic heterocycles. The minimum absolute atomic E-state index is 0.0394. The topological polar surface area (TPSA) is 90.1 Å². The van der Waals surface area contributed by atoms with E-state index in [4.69, 9.17) is 4.74 Å². The standard InChI is InChI=1S/C12H13FN4O3/c1-12(2,11(18)19)17-10(14-15-16-17)8-5-4-7(20-3)6-9(8)13/h4-6H,1-3H3,(H,18,19). The number of carboxylic acids is 1. The molecule has 0 saturated carbocycles. The molecule has 0 saturated heterocycles. The molecule has 0 radical (unpaired) electrons. The Morgan fingerprint density at radius 1 is 1.45 bits per heavy atom. The monoisotopic (exact) mass is 280 g/mol. The Hall–Kier alpha value is -2.51. The van der Waals surface area contributed by atoms with Gasteiger partial charge in [-0.05, 0) is 36.4 Å². The average molecular weight is 280 g/mol. The van der Waals surface area contributed by atoms with E-state index in [1.54, 1.807) is 6.07 Å². The summed E-state index contributed by atoms with van der Waals surface area (Å²) in [6.07, 6.45) is 0. The van der Waals surface area contributed by atoms with Crippen LogP contribution in [0.25, 0.3) is 11.4 Å². The molecule has 2 rings (SSSR count). The molecule has 7 nitrogen and oxygen atoms in total. The number of benzene rings is 1. The van der Waals surface area contributed by atoms with Crippen molar-refractivity contribution in [2.24, 2.45) is 0 Å². The summed E-state index contributed by atoms with van der Waals surface area (Å²) in [6.45, 7) is 2.85. The van der Waals surface area contributed by atoms with Crippen molar-refractivity contribution >= 4 is 5.97 Å². The van der Waals surface area contributed by atoms with Gasteiger partial charge in [-0.3, -0.25) is 0 Å². The van der Waals surface area contributed by atoms with Crippen LogP contribution >= 0.6 is 0 Å². The highest BCUT2D eigenvalue weighted by molar-refractivity contribution is 5.76. The molecule has 20 heavy (non-hydrogen) atoms. The predicted octanol–water partition coefficient (Wildman–Crippen LogP) is 1.31. The molecule has 2 aromatic rings. The van der Waals surface area contributed by atoms with Gasteiger partial charge >= 0.3 is 5.97 Å². The van der Waals surface area contributed by atoms with Gasteiger partial charge in [-0.1, -0.05) is 0 Å². The molecule has 0 aliphatic carbocycles. The summed E-state index contributed by atoms with van der Waals surface area (Å²) in [5.74, 6) is -1.33. The number of methoxy groups -OCH3 is 1. The zero-order valence-corrected chi connectivity index (χ0v) is 11.2. The van der Waals surface area contributed by atoms with Crippen LogP contribution in [-0.4, -0.2) is 38.4 Å². The van der Waals surface area contributed by atoms with Gasteiger partial charge in [0.15, 0.2) is 11.4 Å². The van der Waals surface area contributed by atoms with E-state index in [0.717, 1.165) is 4.68 Å². The first-order valence-corrected chi connectivity index (χ1v) is 5.74. The Morgan fingerprint density at radius 3 is 2.70 bits per heavy atom. The van der Waals surface area contributed by atoms with E-state index >= 15 is 0 Å². The van der Waals surface area contributed by atoms with Gasteiger partial charge < -0.3 is 9.84 Å². The third-order valence-corrected chi connectivity index (χ3v) is 2.94. The first-order chi connectivity index (χ1) is 9.37. The molecule has 0 spiro atoms. The molecule has 0 bridgehead atoms. The lowest BCUT2D eigenvalue weighted by atomic mass is 10.1. The molecule has 8 heteroatoms.